The van der Waals surface area contributed by atoms with Crippen molar-refractivity contribution in [2.45, 2.75) is 33.6 Å². The molecule has 1 aromatic rings. The van der Waals surface area contributed by atoms with Crippen molar-refractivity contribution in [3.8, 4) is 5.75 Å². The van der Waals surface area contributed by atoms with Crippen LogP contribution in [0.4, 0.5) is 0 Å². The number of halogens is 1. The van der Waals surface area contributed by atoms with Gasteiger partial charge >= 0.3 is 0 Å². The molecule has 0 fully saturated rings. The van der Waals surface area contributed by atoms with Crippen LogP contribution in [0.1, 0.15) is 39.2 Å². The summed E-state index contributed by atoms with van der Waals surface area (Å²) in [4.78, 5) is 0. The number of ether oxygens (including phenoxy) is 1. The molecule has 0 radical (unpaired) electrons. The Morgan fingerprint density at radius 1 is 1.32 bits per heavy atom. The van der Waals surface area contributed by atoms with Crippen molar-refractivity contribution >= 4 is 19.7 Å². The maximum absolute atomic E-state index is 11.1. The average Bonchev–Trinajstić information content (AvgIpc) is 2.24. The maximum Gasteiger partial charge on any atom is 0.233 e. The summed E-state index contributed by atoms with van der Waals surface area (Å²) in [7, 11) is 1.77. The lowest BCUT2D eigenvalue weighted by molar-refractivity contribution is 0.200. The summed E-state index contributed by atoms with van der Waals surface area (Å²) in [6.45, 7) is 8.17. The normalized spacial score (nSPS) is 12.7. The smallest absolute Gasteiger partial charge is 0.233 e. The molecule has 0 amide bonds. The van der Waals surface area contributed by atoms with Crippen molar-refractivity contribution in [3.63, 3.8) is 0 Å². The minimum Gasteiger partial charge on any atom is -0.493 e. The largest absolute Gasteiger partial charge is 0.493 e. The molecular formula is C14H21ClO3S. The second-order valence-electron chi connectivity index (χ2n) is 5.86. The van der Waals surface area contributed by atoms with Crippen molar-refractivity contribution in [1.29, 1.82) is 0 Å². The molecule has 0 saturated heterocycles. The third-order valence-corrected chi connectivity index (χ3v) is 4.17. The van der Waals surface area contributed by atoms with E-state index in [0.717, 1.165) is 5.75 Å². The van der Waals surface area contributed by atoms with Crippen LogP contribution in [0.5, 0.6) is 5.75 Å². The molecule has 1 aromatic carbocycles. The lowest BCUT2D eigenvalue weighted by Crippen LogP contribution is -2.28. The van der Waals surface area contributed by atoms with Crippen LogP contribution in [0.15, 0.2) is 24.3 Å². The van der Waals surface area contributed by atoms with Gasteiger partial charge in [0, 0.05) is 16.1 Å². The molecule has 3 nitrogen and oxygen atoms in total. The van der Waals surface area contributed by atoms with Crippen LogP contribution in [0.3, 0.4) is 0 Å². The zero-order chi connectivity index (χ0) is 14.7. The molecule has 0 N–H and O–H groups in total. The van der Waals surface area contributed by atoms with Gasteiger partial charge in [-0.25, -0.2) is 8.42 Å². The van der Waals surface area contributed by atoms with Crippen LogP contribution in [0, 0.1) is 5.41 Å². The van der Waals surface area contributed by atoms with Gasteiger partial charge in [-0.05, 0) is 23.6 Å². The van der Waals surface area contributed by atoms with Crippen LogP contribution in [-0.4, -0.2) is 20.8 Å². The second kappa shape index (κ2) is 6.14. The summed E-state index contributed by atoms with van der Waals surface area (Å²) in [6, 6.07) is 7.84. The second-order valence-corrected chi connectivity index (χ2v) is 8.64. The molecule has 0 atom stereocenters. The van der Waals surface area contributed by atoms with Crippen LogP contribution in [-0.2, 0) is 9.05 Å². The molecule has 0 aliphatic heterocycles. The number of hydrogen-bond donors (Lipinski definition) is 0. The SMILES string of the molecule is CC(C)c1cccc(OCC(C)(C)CS(=O)(=O)Cl)c1. The lowest BCUT2D eigenvalue weighted by atomic mass is 9.98. The van der Waals surface area contributed by atoms with Crippen LogP contribution in [0.25, 0.3) is 0 Å². The predicted molar refractivity (Wildman–Crippen MR) is 79.4 cm³/mol. The van der Waals surface area contributed by atoms with Crippen molar-refractivity contribution < 1.29 is 13.2 Å². The standard InChI is InChI=1S/C14H21ClO3S/c1-11(2)12-6-5-7-13(8-12)18-9-14(3,4)10-19(15,16)17/h5-8,11H,9-10H2,1-4H3. The van der Waals surface area contributed by atoms with Crippen molar-refractivity contribution in [1.82, 2.24) is 0 Å². The van der Waals surface area contributed by atoms with E-state index in [1.54, 1.807) is 0 Å². The Kier molecular flexibility index (Phi) is 5.27. The monoisotopic (exact) mass is 304 g/mol. The number of benzene rings is 1. The molecule has 0 bridgehead atoms. The van der Waals surface area contributed by atoms with Crippen LogP contribution < -0.4 is 4.74 Å². The quantitative estimate of drug-likeness (QED) is 0.751. The van der Waals surface area contributed by atoms with E-state index in [4.69, 9.17) is 15.4 Å². The molecule has 1 rings (SSSR count). The third-order valence-electron chi connectivity index (χ3n) is 2.72. The molecule has 0 aromatic heterocycles. The number of rotatable bonds is 6. The summed E-state index contributed by atoms with van der Waals surface area (Å²) < 4.78 is 27.9. The Bertz CT molecular complexity index is 521. The van der Waals surface area contributed by atoms with Crippen molar-refractivity contribution in [2.75, 3.05) is 12.4 Å². The van der Waals surface area contributed by atoms with Crippen molar-refractivity contribution in [3.05, 3.63) is 29.8 Å². The molecule has 0 aliphatic rings. The first kappa shape index (κ1) is 16.3. The van der Waals surface area contributed by atoms with E-state index in [0.29, 0.717) is 12.5 Å². The molecule has 108 valence electrons. The molecular weight excluding hydrogens is 284 g/mol. The minimum atomic E-state index is -3.52. The first-order valence-corrected chi connectivity index (χ1v) is 8.72. The molecule has 0 saturated carbocycles. The van der Waals surface area contributed by atoms with E-state index in [9.17, 15) is 8.42 Å². The van der Waals surface area contributed by atoms with E-state index < -0.39 is 14.5 Å². The van der Waals surface area contributed by atoms with Crippen LogP contribution in [0.2, 0.25) is 0 Å². The fraction of sp³-hybridized carbons (Fsp3) is 0.571. The van der Waals surface area contributed by atoms with Gasteiger partial charge in [-0.2, -0.15) is 0 Å². The van der Waals surface area contributed by atoms with E-state index in [2.05, 4.69) is 13.8 Å². The fourth-order valence-corrected chi connectivity index (χ4v) is 3.65. The maximum atomic E-state index is 11.1. The number of hydrogen-bond acceptors (Lipinski definition) is 3. The Labute approximate surface area is 120 Å². The summed E-state index contributed by atoms with van der Waals surface area (Å²) in [5.74, 6) is 1.08. The highest BCUT2D eigenvalue weighted by Gasteiger charge is 2.25. The van der Waals surface area contributed by atoms with Crippen LogP contribution >= 0.6 is 10.7 Å². The van der Waals surface area contributed by atoms with Gasteiger partial charge in [0.15, 0.2) is 0 Å². The van der Waals surface area contributed by atoms with E-state index >= 15 is 0 Å². The summed E-state index contributed by atoms with van der Waals surface area (Å²) >= 11 is 0. The molecule has 0 heterocycles. The first-order valence-electron chi connectivity index (χ1n) is 6.24. The molecule has 0 aliphatic carbocycles. The third kappa shape index (κ3) is 6.30. The Hall–Kier alpha value is -0.740. The minimum absolute atomic E-state index is 0.106. The summed E-state index contributed by atoms with van der Waals surface area (Å²) in [5.41, 5.74) is 0.675. The summed E-state index contributed by atoms with van der Waals surface area (Å²) in [6.07, 6.45) is 0. The van der Waals surface area contributed by atoms with Gasteiger partial charge in [0.2, 0.25) is 9.05 Å². The first-order chi connectivity index (χ1) is 8.59. The van der Waals surface area contributed by atoms with Gasteiger partial charge in [-0.1, -0.05) is 39.8 Å². The Morgan fingerprint density at radius 2 is 1.95 bits per heavy atom. The van der Waals surface area contributed by atoms with Gasteiger partial charge in [0.25, 0.3) is 0 Å². The zero-order valence-electron chi connectivity index (χ0n) is 11.8. The molecule has 19 heavy (non-hydrogen) atoms. The molecule has 0 unspecified atom stereocenters. The van der Waals surface area contributed by atoms with E-state index in [1.807, 2.05) is 38.1 Å². The van der Waals surface area contributed by atoms with E-state index in [1.165, 1.54) is 5.56 Å². The van der Waals surface area contributed by atoms with Gasteiger partial charge in [-0.3, -0.25) is 0 Å². The van der Waals surface area contributed by atoms with E-state index in [-0.39, 0.29) is 5.75 Å². The van der Waals surface area contributed by atoms with Gasteiger partial charge < -0.3 is 4.74 Å². The van der Waals surface area contributed by atoms with Gasteiger partial charge in [0.1, 0.15) is 5.75 Å². The fourth-order valence-electron chi connectivity index (χ4n) is 1.75. The van der Waals surface area contributed by atoms with Gasteiger partial charge in [-0.15, -0.1) is 0 Å². The Balaban J connectivity index is 2.68. The topological polar surface area (TPSA) is 43.4 Å². The Morgan fingerprint density at radius 3 is 2.47 bits per heavy atom. The van der Waals surface area contributed by atoms with Gasteiger partial charge in [0.05, 0.1) is 12.4 Å². The predicted octanol–water partition coefficient (Wildman–Crippen LogP) is 3.78. The average molecular weight is 305 g/mol. The highest BCUT2D eigenvalue weighted by Crippen LogP contribution is 2.24. The zero-order valence-corrected chi connectivity index (χ0v) is 13.4. The van der Waals surface area contributed by atoms with Crippen molar-refractivity contribution in [2.24, 2.45) is 5.41 Å². The summed E-state index contributed by atoms with van der Waals surface area (Å²) in [5, 5.41) is 0. The molecule has 0 spiro atoms. The lowest BCUT2D eigenvalue weighted by Gasteiger charge is -2.23. The molecule has 5 heteroatoms. The highest BCUT2D eigenvalue weighted by molar-refractivity contribution is 8.13. The highest BCUT2D eigenvalue weighted by atomic mass is 35.7.